The molecule has 0 radical (unpaired) electrons. The molecule has 0 bridgehead atoms. The van der Waals surface area contributed by atoms with E-state index >= 15 is 0 Å². The molecule has 144 valence electrons. The molecular formula is C18H19NO7S. The quantitative estimate of drug-likeness (QED) is 0.687. The number of hydrogen-bond donors (Lipinski definition) is 1. The predicted octanol–water partition coefficient (Wildman–Crippen LogP) is 2.28. The fraction of sp³-hybridized carbons (Fsp3) is 0.278. The number of methoxy groups -OCH3 is 3. The van der Waals surface area contributed by atoms with E-state index in [1.165, 1.54) is 21.3 Å². The van der Waals surface area contributed by atoms with Crippen molar-refractivity contribution in [3.63, 3.8) is 0 Å². The van der Waals surface area contributed by atoms with Crippen molar-refractivity contribution >= 4 is 34.9 Å². The maximum absolute atomic E-state index is 12.0. The van der Waals surface area contributed by atoms with Gasteiger partial charge in [0, 0.05) is 11.6 Å². The Bertz CT molecular complexity index is 831. The molecule has 2 rings (SSSR count). The number of amides is 1. The molecule has 27 heavy (non-hydrogen) atoms. The third-order valence-corrected chi connectivity index (χ3v) is 4.40. The second-order valence-corrected chi connectivity index (χ2v) is 6.13. The number of rotatable bonds is 8. The molecule has 0 spiro atoms. The zero-order valence-corrected chi connectivity index (χ0v) is 15.9. The maximum atomic E-state index is 12.0. The molecule has 1 aromatic heterocycles. The Morgan fingerprint density at radius 3 is 2.52 bits per heavy atom. The molecule has 9 heteroatoms. The van der Waals surface area contributed by atoms with E-state index in [-0.39, 0.29) is 11.3 Å². The number of benzene rings is 1. The van der Waals surface area contributed by atoms with Gasteiger partial charge in [-0.1, -0.05) is 6.07 Å². The Balaban J connectivity index is 1.90. The molecule has 0 saturated carbocycles. The first kappa shape index (κ1) is 20.2. The lowest BCUT2D eigenvalue weighted by Crippen LogP contribution is -2.22. The molecule has 0 atom stereocenters. The minimum atomic E-state index is -0.591. The fourth-order valence-electron chi connectivity index (χ4n) is 2.20. The highest BCUT2D eigenvalue weighted by molar-refractivity contribution is 7.12. The van der Waals surface area contributed by atoms with Crippen molar-refractivity contribution in [2.45, 2.75) is 6.42 Å². The van der Waals surface area contributed by atoms with Crippen LogP contribution in [0, 0.1) is 0 Å². The first-order chi connectivity index (χ1) is 13.0. The highest BCUT2D eigenvalue weighted by Gasteiger charge is 2.17. The summed E-state index contributed by atoms with van der Waals surface area (Å²) in [5, 5.41) is 4.16. The Labute approximate surface area is 160 Å². The summed E-state index contributed by atoms with van der Waals surface area (Å²) in [7, 11) is 4.26. The number of esters is 2. The summed E-state index contributed by atoms with van der Waals surface area (Å²) >= 11 is 1.14. The van der Waals surface area contributed by atoms with E-state index in [9.17, 15) is 14.4 Å². The number of hydrogen-bond acceptors (Lipinski definition) is 8. The van der Waals surface area contributed by atoms with Crippen LogP contribution in [0.15, 0.2) is 29.6 Å². The standard InChI is InChI=1S/C18H19NO7S/c1-23-12-5-4-11(14(9-12)24-2)8-16(21)26-10-15(20)19-13-6-7-27-17(13)18(22)25-3/h4-7,9H,8,10H2,1-3H3,(H,19,20). The molecule has 8 nitrogen and oxygen atoms in total. The van der Waals surface area contributed by atoms with Crippen molar-refractivity contribution in [2.24, 2.45) is 0 Å². The van der Waals surface area contributed by atoms with Crippen molar-refractivity contribution < 1.29 is 33.3 Å². The molecule has 0 aliphatic carbocycles. The summed E-state index contributed by atoms with van der Waals surface area (Å²) < 4.78 is 19.9. The number of carbonyl (C=O) groups excluding carboxylic acids is 3. The smallest absolute Gasteiger partial charge is 0.350 e. The Morgan fingerprint density at radius 1 is 1.07 bits per heavy atom. The summed E-state index contributed by atoms with van der Waals surface area (Å²) in [5.41, 5.74) is 0.916. The second kappa shape index (κ2) is 9.58. The first-order valence-electron chi connectivity index (χ1n) is 7.80. The van der Waals surface area contributed by atoms with Gasteiger partial charge in [-0.15, -0.1) is 11.3 Å². The van der Waals surface area contributed by atoms with Gasteiger partial charge >= 0.3 is 11.9 Å². The highest BCUT2D eigenvalue weighted by atomic mass is 32.1. The van der Waals surface area contributed by atoms with Gasteiger partial charge in [-0.2, -0.15) is 0 Å². The minimum absolute atomic E-state index is 0.0632. The molecule has 2 aromatic rings. The second-order valence-electron chi connectivity index (χ2n) is 5.22. The van der Waals surface area contributed by atoms with Gasteiger partial charge < -0.3 is 24.3 Å². The van der Waals surface area contributed by atoms with Gasteiger partial charge in [0.15, 0.2) is 6.61 Å². The fourth-order valence-corrected chi connectivity index (χ4v) is 2.96. The molecule has 0 aliphatic heterocycles. The van der Waals surface area contributed by atoms with E-state index in [0.717, 1.165) is 11.3 Å². The van der Waals surface area contributed by atoms with Gasteiger partial charge in [-0.3, -0.25) is 9.59 Å². The van der Waals surface area contributed by atoms with E-state index in [1.807, 2.05) is 0 Å². The van der Waals surface area contributed by atoms with Crippen molar-refractivity contribution in [3.8, 4) is 11.5 Å². The zero-order chi connectivity index (χ0) is 19.8. The number of thiophene rings is 1. The third kappa shape index (κ3) is 5.45. The minimum Gasteiger partial charge on any atom is -0.497 e. The number of ether oxygens (including phenoxy) is 4. The van der Waals surface area contributed by atoms with Crippen LogP contribution < -0.4 is 14.8 Å². The number of carbonyl (C=O) groups is 3. The van der Waals surface area contributed by atoms with Crippen LogP contribution in [0.4, 0.5) is 5.69 Å². The van der Waals surface area contributed by atoms with Gasteiger partial charge in [-0.05, 0) is 17.5 Å². The van der Waals surface area contributed by atoms with Crippen LogP contribution in [0.3, 0.4) is 0 Å². The molecule has 0 fully saturated rings. The maximum Gasteiger partial charge on any atom is 0.350 e. The Kier molecular flexibility index (Phi) is 7.18. The Hall–Kier alpha value is -3.07. The van der Waals surface area contributed by atoms with Gasteiger partial charge in [-0.25, -0.2) is 4.79 Å². The molecule has 1 heterocycles. The molecule has 1 N–H and O–H groups in total. The van der Waals surface area contributed by atoms with Crippen LogP contribution in [-0.2, 0) is 25.5 Å². The Morgan fingerprint density at radius 2 is 1.85 bits per heavy atom. The normalized spacial score (nSPS) is 10.0. The summed E-state index contributed by atoms with van der Waals surface area (Å²) in [6.45, 7) is -0.478. The molecule has 0 unspecified atom stereocenters. The average Bonchev–Trinajstić information content (AvgIpc) is 3.14. The molecular weight excluding hydrogens is 374 g/mol. The van der Waals surface area contributed by atoms with Crippen molar-refractivity contribution in [1.29, 1.82) is 0 Å². The van der Waals surface area contributed by atoms with Gasteiger partial charge in [0.1, 0.15) is 16.4 Å². The van der Waals surface area contributed by atoms with Crippen molar-refractivity contribution in [2.75, 3.05) is 33.3 Å². The van der Waals surface area contributed by atoms with E-state index in [4.69, 9.17) is 14.2 Å². The lowest BCUT2D eigenvalue weighted by Gasteiger charge is -2.10. The van der Waals surface area contributed by atoms with Crippen LogP contribution in [0.2, 0.25) is 0 Å². The predicted molar refractivity (Wildman–Crippen MR) is 98.5 cm³/mol. The van der Waals surface area contributed by atoms with Gasteiger partial charge in [0.25, 0.3) is 5.91 Å². The van der Waals surface area contributed by atoms with Gasteiger partial charge in [0.05, 0.1) is 33.4 Å². The van der Waals surface area contributed by atoms with E-state index in [0.29, 0.717) is 22.7 Å². The molecule has 1 aromatic carbocycles. The van der Waals surface area contributed by atoms with E-state index in [1.54, 1.807) is 29.6 Å². The van der Waals surface area contributed by atoms with Crippen LogP contribution >= 0.6 is 11.3 Å². The monoisotopic (exact) mass is 393 g/mol. The average molecular weight is 393 g/mol. The van der Waals surface area contributed by atoms with E-state index in [2.05, 4.69) is 10.1 Å². The molecule has 0 saturated heterocycles. The molecule has 0 aliphatic rings. The van der Waals surface area contributed by atoms with Crippen molar-refractivity contribution in [3.05, 3.63) is 40.1 Å². The summed E-state index contributed by atoms with van der Waals surface area (Å²) in [5.74, 6) is -0.623. The van der Waals surface area contributed by atoms with E-state index < -0.39 is 24.5 Å². The number of anilines is 1. The largest absolute Gasteiger partial charge is 0.497 e. The highest BCUT2D eigenvalue weighted by Crippen LogP contribution is 2.25. The SMILES string of the molecule is COC(=O)c1sccc1NC(=O)COC(=O)Cc1ccc(OC)cc1OC. The van der Waals surface area contributed by atoms with Crippen molar-refractivity contribution in [1.82, 2.24) is 0 Å². The third-order valence-electron chi connectivity index (χ3n) is 3.50. The zero-order valence-electron chi connectivity index (χ0n) is 15.1. The number of nitrogens with one attached hydrogen (secondary N) is 1. The molecule has 1 amide bonds. The van der Waals surface area contributed by atoms with Crippen LogP contribution in [0.5, 0.6) is 11.5 Å². The van der Waals surface area contributed by atoms with Gasteiger partial charge in [0.2, 0.25) is 0 Å². The van der Waals surface area contributed by atoms with Crippen LogP contribution in [0.25, 0.3) is 0 Å². The van der Waals surface area contributed by atoms with Crippen LogP contribution in [0.1, 0.15) is 15.2 Å². The van der Waals surface area contributed by atoms with Crippen LogP contribution in [-0.4, -0.2) is 45.8 Å². The summed E-state index contributed by atoms with van der Waals surface area (Å²) in [6.07, 6.45) is -0.0632. The topological polar surface area (TPSA) is 100 Å². The lowest BCUT2D eigenvalue weighted by molar-refractivity contribution is -0.146. The summed E-state index contributed by atoms with van der Waals surface area (Å²) in [6, 6.07) is 6.61. The summed E-state index contributed by atoms with van der Waals surface area (Å²) in [4.78, 5) is 35.8. The first-order valence-corrected chi connectivity index (χ1v) is 8.68. The lowest BCUT2D eigenvalue weighted by atomic mass is 10.1.